The summed E-state index contributed by atoms with van der Waals surface area (Å²) in [5, 5.41) is 14.4. The highest BCUT2D eigenvalue weighted by molar-refractivity contribution is 7.17. The second-order valence-electron chi connectivity index (χ2n) is 6.07. The number of H-pyrrole nitrogens is 1. The molecular formula is C22H22ClNO2S. The van der Waals surface area contributed by atoms with E-state index >= 15 is 0 Å². The number of aromatic hydroxyl groups is 1. The summed E-state index contributed by atoms with van der Waals surface area (Å²) < 4.78 is 0.637. The number of halogens is 1. The van der Waals surface area contributed by atoms with E-state index in [-0.39, 0.29) is 11.3 Å². The van der Waals surface area contributed by atoms with Gasteiger partial charge in [-0.15, -0.1) is 11.3 Å². The van der Waals surface area contributed by atoms with Gasteiger partial charge in [-0.05, 0) is 29.0 Å². The smallest absolute Gasteiger partial charge is 0.266 e. The van der Waals surface area contributed by atoms with E-state index in [0.29, 0.717) is 20.8 Å². The number of phenols is 1. The number of hydrogen-bond donors (Lipinski definition) is 2. The molecule has 0 atom stereocenters. The van der Waals surface area contributed by atoms with Gasteiger partial charge in [0.15, 0.2) is 0 Å². The molecule has 0 fully saturated rings. The summed E-state index contributed by atoms with van der Waals surface area (Å²) in [5.41, 5.74) is 3.26. The van der Waals surface area contributed by atoms with Crippen LogP contribution in [0.5, 0.6) is 5.75 Å². The fraction of sp³-hybridized carbons (Fsp3) is 0.227. The third-order valence-electron chi connectivity index (χ3n) is 4.42. The van der Waals surface area contributed by atoms with Crippen molar-refractivity contribution in [3.8, 4) is 16.9 Å². The summed E-state index contributed by atoms with van der Waals surface area (Å²) in [7, 11) is 0. The van der Waals surface area contributed by atoms with Crippen molar-refractivity contribution in [1.29, 1.82) is 0 Å². The topological polar surface area (TPSA) is 53.1 Å². The molecule has 0 radical (unpaired) electrons. The average Bonchev–Trinajstić information content (AvgIpc) is 3.16. The summed E-state index contributed by atoms with van der Waals surface area (Å²) >= 11 is 7.69. The number of pyridine rings is 1. The molecule has 4 rings (SSSR count). The van der Waals surface area contributed by atoms with Crippen molar-refractivity contribution in [2.75, 3.05) is 0 Å². The van der Waals surface area contributed by atoms with E-state index in [0.717, 1.165) is 29.2 Å². The Morgan fingerprint density at radius 2 is 1.85 bits per heavy atom. The molecule has 0 unspecified atom stereocenters. The molecule has 3 nitrogen and oxygen atoms in total. The van der Waals surface area contributed by atoms with Gasteiger partial charge in [-0.25, -0.2) is 0 Å². The lowest BCUT2D eigenvalue weighted by molar-refractivity contribution is 0.478. The number of hydrogen-bond acceptors (Lipinski definition) is 3. The number of phenolic OH excluding ortho intramolecular Hbond substituents is 1. The first-order chi connectivity index (χ1) is 13.1. The van der Waals surface area contributed by atoms with Crippen LogP contribution in [0, 0.1) is 0 Å². The molecule has 2 aromatic heterocycles. The first-order valence-electron chi connectivity index (χ1n) is 9.14. The van der Waals surface area contributed by atoms with Crippen LogP contribution in [0.3, 0.4) is 0 Å². The molecule has 2 aromatic carbocycles. The molecule has 0 spiro atoms. The molecule has 27 heavy (non-hydrogen) atoms. The lowest BCUT2D eigenvalue weighted by Crippen LogP contribution is -2.05. The number of benzene rings is 2. The molecule has 2 N–H and O–H groups in total. The van der Waals surface area contributed by atoms with Crippen molar-refractivity contribution < 1.29 is 5.11 Å². The molecule has 0 bridgehead atoms. The van der Waals surface area contributed by atoms with Gasteiger partial charge < -0.3 is 10.1 Å². The SMILES string of the molecule is CC.CCCc1ccc(-c2c(O)cc(Cl)c3[nH]c(=O)c4sccc4c23)cc1. The Bertz CT molecular complexity index is 1140. The van der Waals surface area contributed by atoms with Gasteiger partial charge in [0.1, 0.15) is 10.4 Å². The Kier molecular flexibility index (Phi) is 5.88. The van der Waals surface area contributed by atoms with Crippen molar-refractivity contribution in [2.24, 2.45) is 0 Å². The largest absolute Gasteiger partial charge is 0.507 e. The second kappa shape index (κ2) is 8.15. The van der Waals surface area contributed by atoms with Crippen molar-refractivity contribution in [1.82, 2.24) is 4.98 Å². The van der Waals surface area contributed by atoms with E-state index in [1.54, 1.807) is 0 Å². The highest BCUT2D eigenvalue weighted by Crippen LogP contribution is 2.42. The number of aromatic amines is 1. The normalized spacial score (nSPS) is 10.8. The monoisotopic (exact) mass is 399 g/mol. The van der Waals surface area contributed by atoms with Crippen molar-refractivity contribution in [3.63, 3.8) is 0 Å². The molecule has 0 aliphatic heterocycles. The van der Waals surface area contributed by atoms with Crippen LogP contribution in [0.15, 0.2) is 46.6 Å². The Labute approximate surface area is 167 Å². The molecule has 0 saturated carbocycles. The van der Waals surface area contributed by atoms with Gasteiger partial charge in [0, 0.05) is 22.4 Å². The first-order valence-corrected chi connectivity index (χ1v) is 10.4. The molecule has 5 heteroatoms. The summed E-state index contributed by atoms with van der Waals surface area (Å²) in [6, 6.07) is 11.6. The van der Waals surface area contributed by atoms with Crippen molar-refractivity contribution >= 4 is 43.9 Å². The van der Waals surface area contributed by atoms with Gasteiger partial charge in [-0.1, -0.05) is 63.1 Å². The quantitative estimate of drug-likeness (QED) is 0.400. The molecular weight excluding hydrogens is 378 g/mol. The van der Waals surface area contributed by atoms with E-state index in [4.69, 9.17) is 11.6 Å². The van der Waals surface area contributed by atoms with Crippen LogP contribution in [-0.2, 0) is 6.42 Å². The van der Waals surface area contributed by atoms with Crippen LogP contribution in [0.25, 0.3) is 32.1 Å². The Hall–Kier alpha value is -2.30. The number of thiophene rings is 1. The van der Waals surface area contributed by atoms with E-state index in [2.05, 4.69) is 24.0 Å². The minimum atomic E-state index is -0.158. The minimum Gasteiger partial charge on any atom is -0.507 e. The highest BCUT2D eigenvalue weighted by atomic mass is 35.5. The van der Waals surface area contributed by atoms with Gasteiger partial charge in [0.2, 0.25) is 0 Å². The lowest BCUT2D eigenvalue weighted by Gasteiger charge is -2.12. The van der Waals surface area contributed by atoms with E-state index in [1.807, 2.05) is 37.4 Å². The summed E-state index contributed by atoms with van der Waals surface area (Å²) in [4.78, 5) is 15.2. The van der Waals surface area contributed by atoms with Gasteiger partial charge in [-0.3, -0.25) is 4.79 Å². The van der Waals surface area contributed by atoms with Crippen molar-refractivity contribution in [2.45, 2.75) is 33.6 Å². The summed E-state index contributed by atoms with van der Waals surface area (Å²) in [6.07, 6.45) is 2.11. The van der Waals surface area contributed by atoms with Crippen LogP contribution in [-0.4, -0.2) is 10.1 Å². The fourth-order valence-electron chi connectivity index (χ4n) is 3.30. The zero-order chi connectivity index (χ0) is 19.6. The first kappa shape index (κ1) is 19.5. The van der Waals surface area contributed by atoms with Gasteiger partial charge in [0.25, 0.3) is 5.56 Å². The predicted octanol–water partition coefficient (Wildman–Crippen LogP) is 6.75. The zero-order valence-electron chi connectivity index (χ0n) is 15.6. The molecule has 140 valence electrons. The maximum Gasteiger partial charge on any atom is 0.266 e. The fourth-order valence-corrected chi connectivity index (χ4v) is 4.34. The third-order valence-corrected chi connectivity index (χ3v) is 5.63. The van der Waals surface area contributed by atoms with Crippen LogP contribution < -0.4 is 5.56 Å². The third kappa shape index (κ3) is 3.47. The molecule has 2 heterocycles. The number of nitrogens with one attached hydrogen (secondary N) is 1. The minimum absolute atomic E-state index is 0.111. The maximum absolute atomic E-state index is 12.3. The van der Waals surface area contributed by atoms with Crippen molar-refractivity contribution in [3.05, 3.63) is 62.7 Å². The van der Waals surface area contributed by atoms with Crippen LogP contribution >= 0.6 is 22.9 Å². The van der Waals surface area contributed by atoms with E-state index < -0.39 is 0 Å². The summed E-state index contributed by atoms with van der Waals surface area (Å²) in [5.74, 6) is 0.111. The van der Waals surface area contributed by atoms with Crippen LogP contribution in [0.1, 0.15) is 32.8 Å². The second-order valence-corrected chi connectivity index (χ2v) is 7.39. The van der Waals surface area contributed by atoms with Gasteiger partial charge >= 0.3 is 0 Å². The average molecular weight is 400 g/mol. The van der Waals surface area contributed by atoms with E-state index in [1.165, 1.54) is 23.0 Å². The van der Waals surface area contributed by atoms with Crippen LogP contribution in [0.4, 0.5) is 0 Å². The van der Waals surface area contributed by atoms with E-state index in [9.17, 15) is 9.90 Å². The summed E-state index contributed by atoms with van der Waals surface area (Å²) in [6.45, 7) is 6.15. The van der Waals surface area contributed by atoms with Crippen LogP contribution in [0.2, 0.25) is 5.02 Å². The number of fused-ring (bicyclic) bond motifs is 3. The Balaban J connectivity index is 0.00000102. The number of aryl methyl sites for hydroxylation is 1. The molecule has 4 aromatic rings. The maximum atomic E-state index is 12.3. The molecule has 0 amide bonds. The highest BCUT2D eigenvalue weighted by Gasteiger charge is 2.18. The molecule has 0 saturated heterocycles. The number of rotatable bonds is 3. The molecule has 0 aliphatic carbocycles. The standard InChI is InChI=1S/C20H16ClNO2S.C2H6/c1-2-3-11-4-6-12(7-5-11)16-15(23)10-14(21)18-17(16)13-8-9-25-19(13)20(24)22-18;1-2/h4-10,23H,2-3H2,1H3,(H,22,24);1-2H3. The molecule has 0 aliphatic rings. The predicted molar refractivity (Wildman–Crippen MR) is 117 cm³/mol. The number of aromatic nitrogens is 1. The Morgan fingerprint density at radius 3 is 2.52 bits per heavy atom. The van der Waals surface area contributed by atoms with Gasteiger partial charge in [0.05, 0.1) is 10.5 Å². The Morgan fingerprint density at radius 1 is 1.15 bits per heavy atom. The lowest BCUT2D eigenvalue weighted by atomic mass is 9.96. The van der Waals surface area contributed by atoms with Gasteiger partial charge in [-0.2, -0.15) is 0 Å². The zero-order valence-corrected chi connectivity index (χ0v) is 17.2.